The highest BCUT2D eigenvalue weighted by Crippen LogP contribution is 2.11. The van der Waals surface area contributed by atoms with Gasteiger partial charge in [-0.2, -0.15) is 0 Å². The third kappa shape index (κ3) is 4.27. The molecule has 1 heterocycles. The van der Waals surface area contributed by atoms with Crippen molar-refractivity contribution in [1.29, 1.82) is 0 Å². The first-order chi connectivity index (χ1) is 10.6. The first kappa shape index (κ1) is 16.4. The molecule has 2 amide bonds. The average Bonchev–Trinajstić information content (AvgIpc) is 2.56. The van der Waals surface area contributed by atoms with Gasteiger partial charge >= 0.3 is 0 Å². The van der Waals surface area contributed by atoms with Crippen LogP contribution in [0.4, 0.5) is 4.39 Å². The molecule has 1 saturated heterocycles. The number of carbonyl (C=O) groups excluding carboxylic acids is 2. The Hall–Kier alpha value is -1.95. The number of benzene rings is 1. The summed E-state index contributed by atoms with van der Waals surface area (Å²) in [4.78, 5) is 25.8. The van der Waals surface area contributed by atoms with Crippen LogP contribution in [-0.4, -0.2) is 49.4 Å². The highest BCUT2D eigenvalue weighted by atomic mass is 19.1. The number of likely N-dealkylation sites (N-methyl/N-ethyl adjacent to an activating group) is 1. The third-order valence-corrected chi connectivity index (χ3v) is 3.88. The lowest BCUT2D eigenvalue weighted by atomic mass is 10.1. The molecule has 5 nitrogen and oxygen atoms in total. The first-order valence-electron chi connectivity index (χ1n) is 7.58. The van der Waals surface area contributed by atoms with Crippen molar-refractivity contribution < 1.29 is 14.0 Å². The molecule has 0 aromatic heterocycles. The van der Waals surface area contributed by atoms with Gasteiger partial charge in [0.15, 0.2) is 0 Å². The van der Waals surface area contributed by atoms with Gasteiger partial charge in [-0.3, -0.25) is 9.59 Å². The minimum atomic E-state index is -0.433. The Morgan fingerprint density at radius 2 is 2.09 bits per heavy atom. The number of rotatable bonds is 5. The quantitative estimate of drug-likeness (QED) is 0.841. The van der Waals surface area contributed by atoms with Crippen LogP contribution in [0.1, 0.15) is 18.4 Å². The smallest absolute Gasteiger partial charge is 0.243 e. The lowest BCUT2D eigenvalue weighted by Crippen LogP contribution is -2.59. The van der Waals surface area contributed by atoms with Crippen LogP contribution in [0.5, 0.6) is 0 Å². The standard InChI is InChI=1S/C16H22FN3O2/c1-18-16(22)14-11-19-9-10-20(14)15(21)4-2-3-12-5-7-13(17)8-6-12/h5-8,14,19H,2-4,9-11H2,1H3,(H,18,22)/t14-/m1/s1. The largest absolute Gasteiger partial charge is 0.357 e. The van der Waals surface area contributed by atoms with Gasteiger partial charge in [-0.05, 0) is 30.5 Å². The van der Waals surface area contributed by atoms with Crippen LogP contribution in [0.3, 0.4) is 0 Å². The average molecular weight is 307 g/mol. The van der Waals surface area contributed by atoms with E-state index in [1.807, 2.05) is 0 Å². The molecule has 1 aliphatic rings. The van der Waals surface area contributed by atoms with Gasteiger partial charge in [-0.1, -0.05) is 12.1 Å². The molecule has 1 aromatic carbocycles. The Balaban J connectivity index is 1.84. The number of hydrogen-bond acceptors (Lipinski definition) is 3. The van der Waals surface area contributed by atoms with Crippen molar-refractivity contribution >= 4 is 11.8 Å². The van der Waals surface area contributed by atoms with Crippen LogP contribution in [0, 0.1) is 5.82 Å². The van der Waals surface area contributed by atoms with E-state index in [9.17, 15) is 14.0 Å². The van der Waals surface area contributed by atoms with Crippen molar-refractivity contribution in [3.63, 3.8) is 0 Å². The van der Waals surface area contributed by atoms with Gasteiger partial charge in [0, 0.05) is 33.1 Å². The molecule has 22 heavy (non-hydrogen) atoms. The summed E-state index contributed by atoms with van der Waals surface area (Å²) < 4.78 is 12.8. The van der Waals surface area contributed by atoms with Gasteiger partial charge in [0.2, 0.25) is 11.8 Å². The Bertz CT molecular complexity index is 519. The second kappa shape index (κ2) is 7.89. The number of amides is 2. The number of aryl methyl sites for hydroxylation is 1. The zero-order valence-corrected chi connectivity index (χ0v) is 12.8. The molecular formula is C16H22FN3O2. The van der Waals surface area contributed by atoms with E-state index in [1.54, 1.807) is 24.1 Å². The van der Waals surface area contributed by atoms with E-state index >= 15 is 0 Å². The molecule has 1 fully saturated rings. The fourth-order valence-electron chi connectivity index (χ4n) is 2.64. The predicted octanol–water partition coefficient (Wildman–Crippen LogP) is 0.695. The second-order valence-electron chi connectivity index (χ2n) is 5.40. The number of nitrogens with one attached hydrogen (secondary N) is 2. The van der Waals surface area contributed by atoms with E-state index in [1.165, 1.54) is 12.1 Å². The normalized spacial score (nSPS) is 18.1. The van der Waals surface area contributed by atoms with E-state index in [0.29, 0.717) is 32.5 Å². The van der Waals surface area contributed by atoms with Crippen molar-refractivity contribution in [2.45, 2.75) is 25.3 Å². The topological polar surface area (TPSA) is 61.4 Å². The van der Waals surface area contributed by atoms with Gasteiger partial charge in [0.1, 0.15) is 11.9 Å². The van der Waals surface area contributed by atoms with E-state index in [2.05, 4.69) is 10.6 Å². The molecule has 2 rings (SSSR count). The molecule has 6 heteroatoms. The third-order valence-electron chi connectivity index (χ3n) is 3.88. The Kier molecular flexibility index (Phi) is 5.89. The predicted molar refractivity (Wildman–Crippen MR) is 81.8 cm³/mol. The van der Waals surface area contributed by atoms with Crippen LogP contribution in [0.2, 0.25) is 0 Å². The summed E-state index contributed by atoms with van der Waals surface area (Å²) in [5.74, 6) is -0.398. The molecular weight excluding hydrogens is 285 g/mol. The number of hydrogen-bond donors (Lipinski definition) is 2. The number of nitrogens with zero attached hydrogens (tertiary/aromatic N) is 1. The minimum Gasteiger partial charge on any atom is -0.357 e. The minimum absolute atomic E-state index is 0.00258. The van der Waals surface area contributed by atoms with Crippen molar-refractivity contribution in [2.75, 3.05) is 26.7 Å². The molecule has 0 bridgehead atoms. The second-order valence-corrected chi connectivity index (χ2v) is 5.40. The lowest BCUT2D eigenvalue weighted by molar-refractivity contribution is -0.141. The molecule has 0 spiro atoms. The van der Waals surface area contributed by atoms with Crippen molar-refractivity contribution in [1.82, 2.24) is 15.5 Å². The Morgan fingerprint density at radius 1 is 1.36 bits per heavy atom. The summed E-state index contributed by atoms with van der Waals surface area (Å²) in [7, 11) is 1.58. The number of halogens is 1. The van der Waals surface area contributed by atoms with Crippen LogP contribution in [0.15, 0.2) is 24.3 Å². The van der Waals surface area contributed by atoms with Crippen molar-refractivity contribution in [3.8, 4) is 0 Å². The Morgan fingerprint density at radius 3 is 2.77 bits per heavy atom. The van der Waals surface area contributed by atoms with Crippen LogP contribution >= 0.6 is 0 Å². The van der Waals surface area contributed by atoms with Crippen molar-refractivity contribution in [2.24, 2.45) is 0 Å². The summed E-state index contributed by atoms with van der Waals surface area (Å²) >= 11 is 0. The molecule has 0 saturated carbocycles. The number of piperazine rings is 1. The van der Waals surface area contributed by atoms with Gasteiger partial charge in [-0.25, -0.2) is 4.39 Å². The molecule has 0 aliphatic carbocycles. The maximum atomic E-state index is 12.8. The van der Waals surface area contributed by atoms with E-state index in [0.717, 1.165) is 12.0 Å². The molecule has 2 N–H and O–H groups in total. The summed E-state index contributed by atoms with van der Waals surface area (Å²) in [5, 5.41) is 5.73. The van der Waals surface area contributed by atoms with E-state index in [4.69, 9.17) is 0 Å². The molecule has 0 unspecified atom stereocenters. The molecule has 1 aromatic rings. The highest BCUT2D eigenvalue weighted by Gasteiger charge is 2.30. The van der Waals surface area contributed by atoms with Crippen LogP contribution in [0.25, 0.3) is 0 Å². The van der Waals surface area contributed by atoms with Gasteiger partial charge < -0.3 is 15.5 Å². The van der Waals surface area contributed by atoms with Gasteiger partial charge in [0.25, 0.3) is 0 Å². The first-order valence-corrected chi connectivity index (χ1v) is 7.58. The zero-order valence-electron chi connectivity index (χ0n) is 12.8. The summed E-state index contributed by atoms with van der Waals surface area (Å²) in [6.45, 7) is 1.74. The zero-order chi connectivity index (χ0) is 15.9. The van der Waals surface area contributed by atoms with E-state index in [-0.39, 0.29) is 17.6 Å². The molecule has 1 atom stereocenters. The number of carbonyl (C=O) groups is 2. The fourth-order valence-corrected chi connectivity index (χ4v) is 2.64. The maximum absolute atomic E-state index is 12.8. The molecule has 1 aliphatic heterocycles. The molecule has 120 valence electrons. The maximum Gasteiger partial charge on any atom is 0.243 e. The summed E-state index contributed by atoms with van der Waals surface area (Å²) in [6, 6.07) is 5.89. The summed E-state index contributed by atoms with van der Waals surface area (Å²) in [5.41, 5.74) is 1.01. The monoisotopic (exact) mass is 307 g/mol. The van der Waals surface area contributed by atoms with E-state index < -0.39 is 6.04 Å². The van der Waals surface area contributed by atoms with Gasteiger partial charge in [0.05, 0.1) is 0 Å². The van der Waals surface area contributed by atoms with Crippen LogP contribution < -0.4 is 10.6 Å². The highest BCUT2D eigenvalue weighted by molar-refractivity contribution is 5.88. The fraction of sp³-hybridized carbons (Fsp3) is 0.500. The lowest BCUT2D eigenvalue weighted by Gasteiger charge is -2.35. The van der Waals surface area contributed by atoms with Crippen LogP contribution in [-0.2, 0) is 16.0 Å². The summed E-state index contributed by atoms with van der Waals surface area (Å²) in [6.07, 6.45) is 1.81. The van der Waals surface area contributed by atoms with Gasteiger partial charge in [-0.15, -0.1) is 0 Å². The Labute approximate surface area is 129 Å². The SMILES string of the molecule is CNC(=O)[C@H]1CNCCN1C(=O)CCCc1ccc(F)cc1. The van der Waals surface area contributed by atoms with Crippen molar-refractivity contribution in [3.05, 3.63) is 35.6 Å². The molecule has 0 radical (unpaired) electrons.